The van der Waals surface area contributed by atoms with E-state index in [-0.39, 0.29) is 16.4 Å². The number of aromatic nitrogens is 2. The minimum Gasteiger partial charge on any atom is -0.496 e. The molecule has 0 aliphatic carbocycles. The zero-order valence-corrected chi connectivity index (χ0v) is 14.8. The summed E-state index contributed by atoms with van der Waals surface area (Å²) in [6.07, 6.45) is -1.19. The number of hydrogen-bond donors (Lipinski definition) is 0. The molecule has 0 spiro atoms. The fourth-order valence-corrected chi connectivity index (χ4v) is 3.03. The first-order chi connectivity index (χ1) is 12.5. The van der Waals surface area contributed by atoms with E-state index in [9.17, 15) is 8.78 Å². The highest BCUT2D eigenvalue weighted by Crippen LogP contribution is 2.29. The summed E-state index contributed by atoms with van der Waals surface area (Å²) in [5.41, 5.74) is 1.57. The number of ether oxygens (including phenoxy) is 1. The molecule has 2 aromatic rings. The van der Waals surface area contributed by atoms with Gasteiger partial charge in [0, 0.05) is 17.0 Å². The largest absolute Gasteiger partial charge is 0.496 e. The van der Waals surface area contributed by atoms with Gasteiger partial charge in [-0.2, -0.15) is 10.5 Å². The average molecular weight is 372 g/mol. The van der Waals surface area contributed by atoms with Crippen LogP contribution in [0.4, 0.5) is 8.78 Å². The van der Waals surface area contributed by atoms with Crippen LogP contribution < -0.4 is 4.74 Å². The van der Waals surface area contributed by atoms with Crippen molar-refractivity contribution in [2.75, 3.05) is 7.11 Å². The van der Waals surface area contributed by atoms with E-state index in [1.54, 1.807) is 37.3 Å². The zero-order chi connectivity index (χ0) is 19.1. The Morgan fingerprint density at radius 3 is 2.62 bits per heavy atom. The van der Waals surface area contributed by atoms with Gasteiger partial charge in [-0.1, -0.05) is 17.8 Å². The first-order valence-electron chi connectivity index (χ1n) is 7.42. The van der Waals surface area contributed by atoms with Crippen LogP contribution in [0.25, 0.3) is 6.08 Å². The molecule has 0 saturated carbocycles. The van der Waals surface area contributed by atoms with Gasteiger partial charge in [0.1, 0.15) is 29.2 Å². The van der Waals surface area contributed by atoms with Gasteiger partial charge in [0.25, 0.3) is 6.43 Å². The number of nitriles is 2. The van der Waals surface area contributed by atoms with E-state index in [4.69, 9.17) is 15.3 Å². The molecule has 0 saturated heterocycles. The number of aryl methyl sites for hydroxylation is 1. The molecule has 132 valence electrons. The molecule has 0 aliphatic heterocycles. The number of alkyl halides is 2. The molecule has 8 heteroatoms. The molecule has 26 heavy (non-hydrogen) atoms. The average Bonchev–Trinajstić information content (AvgIpc) is 2.64. The second kappa shape index (κ2) is 8.93. The topological polar surface area (TPSA) is 82.6 Å². The molecule has 0 radical (unpaired) electrons. The Labute approximate surface area is 154 Å². The van der Waals surface area contributed by atoms with Crippen LogP contribution in [0.1, 0.15) is 28.9 Å². The Morgan fingerprint density at radius 2 is 2.00 bits per heavy atom. The number of nitrogens with zero attached hydrogens (tertiary/aromatic N) is 4. The number of allylic oxidation sites excluding steroid dienone is 1. The summed E-state index contributed by atoms with van der Waals surface area (Å²) >= 11 is 1.20. The van der Waals surface area contributed by atoms with Gasteiger partial charge >= 0.3 is 0 Å². The van der Waals surface area contributed by atoms with Gasteiger partial charge in [0.05, 0.1) is 7.11 Å². The molecule has 5 nitrogen and oxygen atoms in total. The van der Waals surface area contributed by atoms with Crippen LogP contribution in [-0.2, 0) is 5.75 Å². The second-order valence-corrected chi connectivity index (χ2v) is 6.10. The highest BCUT2D eigenvalue weighted by atomic mass is 32.2. The quantitative estimate of drug-likeness (QED) is 0.423. The van der Waals surface area contributed by atoms with Gasteiger partial charge in [-0.15, -0.1) is 0 Å². The molecular formula is C18H14F2N4OS. The lowest BCUT2D eigenvalue weighted by molar-refractivity contribution is 0.145. The molecule has 0 amide bonds. The van der Waals surface area contributed by atoms with Crippen LogP contribution in [-0.4, -0.2) is 17.1 Å². The summed E-state index contributed by atoms with van der Waals surface area (Å²) in [4.78, 5) is 8.03. The molecule has 0 unspecified atom stereocenters. The first-order valence-corrected chi connectivity index (χ1v) is 8.40. The van der Waals surface area contributed by atoms with Crippen LogP contribution in [0, 0.1) is 29.6 Å². The molecule has 2 rings (SSSR count). The fourth-order valence-electron chi connectivity index (χ4n) is 2.14. The highest BCUT2D eigenvalue weighted by molar-refractivity contribution is 7.98. The van der Waals surface area contributed by atoms with Crippen molar-refractivity contribution in [3.05, 3.63) is 52.4 Å². The molecule has 0 N–H and O–H groups in total. The maximum atomic E-state index is 12.9. The van der Waals surface area contributed by atoms with Crippen molar-refractivity contribution in [1.82, 2.24) is 9.97 Å². The maximum Gasteiger partial charge on any atom is 0.280 e. The molecule has 1 aromatic heterocycles. The molecule has 1 heterocycles. The lowest BCUT2D eigenvalue weighted by Gasteiger charge is -2.10. The predicted molar refractivity (Wildman–Crippen MR) is 93.5 cm³/mol. The van der Waals surface area contributed by atoms with Crippen LogP contribution >= 0.6 is 11.8 Å². The third-order valence-electron chi connectivity index (χ3n) is 3.29. The van der Waals surface area contributed by atoms with Crippen molar-refractivity contribution in [2.45, 2.75) is 24.3 Å². The van der Waals surface area contributed by atoms with E-state index in [1.165, 1.54) is 31.0 Å². The number of thioether (sulfide) groups is 1. The Hall–Kier alpha value is -2.97. The SMILES string of the molecule is COc1ccc(C=C(C#N)C#N)cc1CSc1nc(C)cc(C(F)F)n1. The summed E-state index contributed by atoms with van der Waals surface area (Å²) in [6, 6.07) is 10.1. The standard InChI is InChI=1S/C18H14F2N4OS/c1-11-5-15(17(19)20)24-18(23-11)26-10-14-7-12(3-4-16(14)25-2)6-13(8-21)9-22/h3-7,17H,10H2,1-2H3. The summed E-state index contributed by atoms with van der Waals surface area (Å²) in [6.45, 7) is 1.63. The van der Waals surface area contributed by atoms with E-state index in [1.807, 2.05) is 0 Å². The van der Waals surface area contributed by atoms with Crippen LogP contribution in [0.3, 0.4) is 0 Å². The zero-order valence-electron chi connectivity index (χ0n) is 14.0. The Morgan fingerprint density at radius 1 is 1.27 bits per heavy atom. The van der Waals surface area contributed by atoms with Crippen molar-refractivity contribution < 1.29 is 13.5 Å². The fraction of sp³-hybridized carbons (Fsp3) is 0.222. The number of rotatable bonds is 6. The Balaban J connectivity index is 2.28. The third-order valence-corrected chi connectivity index (χ3v) is 4.19. The second-order valence-electron chi connectivity index (χ2n) is 5.16. The number of benzene rings is 1. The van der Waals surface area contributed by atoms with Gasteiger partial charge in [-0.05, 0) is 36.8 Å². The van der Waals surface area contributed by atoms with Crippen molar-refractivity contribution in [3.63, 3.8) is 0 Å². The van der Waals surface area contributed by atoms with E-state index in [2.05, 4.69) is 9.97 Å². The molecule has 0 aliphatic rings. The van der Waals surface area contributed by atoms with E-state index in [0.717, 1.165) is 5.56 Å². The van der Waals surface area contributed by atoms with Crippen molar-refractivity contribution in [3.8, 4) is 17.9 Å². The number of hydrogen-bond acceptors (Lipinski definition) is 6. The Kier molecular flexibility index (Phi) is 6.65. The normalized spacial score (nSPS) is 10.1. The number of halogens is 2. The van der Waals surface area contributed by atoms with Crippen molar-refractivity contribution in [1.29, 1.82) is 10.5 Å². The lowest BCUT2D eigenvalue weighted by Crippen LogP contribution is -1.98. The van der Waals surface area contributed by atoms with Crippen LogP contribution in [0.15, 0.2) is 35.0 Å². The Bertz CT molecular complexity index is 900. The highest BCUT2D eigenvalue weighted by Gasteiger charge is 2.13. The third kappa shape index (κ3) is 5.01. The van der Waals surface area contributed by atoms with Gasteiger partial charge in [-0.25, -0.2) is 18.7 Å². The van der Waals surface area contributed by atoms with Crippen molar-refractivity contribution in [2.24, 2.45) is 0 Å². The summed E-state index contributed by atoms with van der Waals surface area (Å²) in [7, 11) is 1.52. The monoisotopic (exact) mass is 372 g/mol. The summed E-state index contributed by atoms with van der Waals surface area (Å²) in [5.74, 6) is 0.984. The minimum atomic E-state index is -2.66. The van der Waals surface area contributed by atoms with Crippen LogP contribution in [0.5, 0.6) is 5.75 Å². The van der Waals surface area contributed by atoms with Crippen molar-refractivity contribution >= 4 is 17.8 Å². The maximum absolute atomic E-state index is 12.9. The lowest BCUT2D eigenvalue weighted by atomic mass is 10.1. The van der Waals surface area contributed by atoms with Crippen LogP contribution in [0.2, 0.25) is 0 Å². The smallest absolute Gasteiger partial charge is 0.280 e. The summed E-state index contributed by atoms with van der Waals surface area (Å²) < 4.78 is 31.1. The van der Waals surface area contributed by atoms with Gasteiger partial charge in [0.15, 0.2) is 5.16 Å². The summed E-state index contributed by atoms with van der Waals surface area (Å²) in [5, 5.41) is 18.0. The molecule has 0 bridgehead atoms. The first kappa shape index (κ1) is 19.4. The van der Waals surface area contributed by atoms with E-state index in [0.29, 0.717) is 22.8 Å². The van der Waals surface area contributed by atoms with E-state index >= 15 is 0 Å². The molecular weight excluding hydrogens is 358 g/mol. The predicted octanol–water partition coefficient (Wildman–Crippen LogP) is 4.45. The van der Waals surface area contributed by atoms with Gasteiger partial charge in [-0.3, -0.25) is 0 Å². The number of methoxy groups -OCH3 is 1. The van der Waals surface area contributed by atoms with Gasteiger partial charge < -0.3 is 4.74 Å². The van der Waals surface area contributed by atoms with Gasteiger partial charge in [0.2, 0.25) is 0 Å². The molecule has 1 aromatic carbocycles. The van der Waals surface area contributed by atoms with E-state index < -0.39 is 6.43 Å². The molecule has 0 fully saturated rings. The molecule has 0 atom stereocenters. The minimum absolute atomic E-state index is 0.0163.